The van der Waals surface area contributed by atoms with E-state index in [0.29, 0.717) is 5.56 Å². The Morgan fingerprint density at radius 2 is 1.63 bits per heavy atom. The lowest BCUT2D eigenvalue weighted by atomic mass is 9.88. The van der Waals surface area contributed by atoms with E-state index in [9.17, 15) is 9.90 Å². The molecule has 0 saturated heterocycles. The lowest BCUT2D eigenvalue weighted by Gasteiger charge is -2.21. The summed E-state index contributed by atoms with van der Waals surface area (Å²) in [7, 11) is 0. The molecule has 3 heteroatoms. The Morgan fingerprint density at radius 3 is 2.26 bits per heavy atom. The normalized spacial score (nSPS) is 13.8. The number of aliphatic hydroxyl groups excluding tert-OH is 1. The number of carbonyl (C=O) groups excluding carboxylic acids is 1. The molecule has 0 spiro atoms. The van der Waals surface area contributed by atoms with Crippen molar-refractivity contribution in [3.63, 3.8) is 0 Å². The minimum absolute atomic E-state index is 0.203. The van der Waals surface area contributed by atoms with E-state index < -0.39 is 12.0 Å². The Balaban J connectivity index is 2.34. The summed E-state index contributed by atoms with van der Waals surface area (Å²) in [5, 5.41) is 10.4. The molecule has 0 heterocycles. The summed E-state index contributed by atoms with van der Waals surface area (Å²) in [5.74, 6) is -0.672. The van der Waals surface area contributed by atoms with Crippen molar-refractivity contribution in [3.05, 3.63) is 71.3 Å². The third-order valence-corrected chi connectivity index (χ3v) is 3.33. The second kappa shape index (κ2) is 5.67. The SMILES string of the molecule is C[C@H](c1ccccc1C(N)=O)[C@H](O)c1ccccc1. The average Bonchev–Trinajstić information content (AvgIpc) is 2.46. The molecule has 0 aliphatic heterocycles. The lowest BCUT2D eigenvalue weighted by Crippen LogP contribution is -2.17. The number of amides is 1. The first-order chi connectivity index (χ1) is 9.11. The van der Waals surface area contributed by atoms with Gasteiger partial charge in [-0.05, 0) is 17.2 Å². The van der Waals surface area contributed by atoms with Crippen LogP contribution in [-0.4, -0.2) is 11.0 Å². The summed E-state index contributed by atoms with van der Waals surface area (Å²) in [4.78, 5) is 11.4. The van der Waals surface area contributed by atoms with Gasteiger partial charge in [0.15, 0.2) is 0 Å². The van der Waals surface area contributed by atoms with Gasteiger partial charge in [-0.15, -0.1) is 0 Å². The number of primary amides is 1. The molecule has 0 saturated carbocycles. The van der Waals surface area contributed by atoms with Crippen molar-refractivity contribution in [3.8, 4) is 0 Å². The smallest absolute Gasteiger partial charge is 0.248 e. The quantitative estimate of drug-likeness (QED) is 0.882. The standard InChI is InChI=1S/C16H17NO2/c1-11(15(18)12-7-3-2-4-8-12)13-9-5-6-10-14(13)16(17)19/h2-11,15,18H,1H3,(H2,17,19)/t11-,15+/m1/s1. The highest BCUT2D eigenvalue weighted by Crippen LogP contribution is 2.32. The molecular formula is C16H17NO2. The van der Waals surface area contributed by atoms with Gasteiger partial charge in [0.2, 0.25) is 5.91 Å². The largest absolute Gasteiger partial charge is 0.388 e. The lowest BCUT2D eigenvalue weighted by molar-refractivity contribution is 0.0996. The van der Waals surface area contributed by atoms with E-state index in [1.165, 1.54) is 0 Å². The maximum absolute atomic E-state index is 11.4. The van der Waals surface area contributed by atoms with Gasteiger partial charge in [0.25, 0.3) is 0 Å². The minimum Gasteiger partial charge on any atom is -0.388 e. The maximum atomic E-state index is 11.4. The molecule has 1 amide bonds. The zero-order chi connectivity index (χ0) is 13.8. The van der Waals surface area contributed by atoms with Crippen LogP contribution in [-0.2, 0) is 0 Å². The highest BCUT2D eigenvalue weighted by Gasteiger charge is 2.21. The molecule has 0 aliphatic carbocycles. The summed E-state index contributed by atoms with van der Waals surface area (Å²) in [6.45, 7) is 1.89. The van der Waals surface area contributed by atoms with Crippen molar-refractivity contribution in [1.82, 2.24) is 0 Å². The van der Waals surface area contributed by atoms with Crippen LogP contribution in [0.1, 0.15) is 40.4 Å². The molecule has 19 heavy (non-hydrogen) atoms. The number of hydrogen-bond acceptors (Lipinski definition) is 2. The fraction of sp³-hybridized carbons (Fsp3) is 0.188. The number of carbonyl (C=O) groups is 1. The van der Waals surface area contributed by atoms with E-state index in [1.807, 2.05) is 49.4 Å². The molecule has 0 bridgehead atoms. The van der Waals surface area contributed by atoms with Crippen molar-refractivity contribution in [2.45, 2.75) is 18.9 Å². The predicted molar refractivity (Wildman–Crippen MR) is 74.8 cm³/mol. The molecule has 3 nitrogen and oxygen atoms in total. The highest BCUT2D eigenvalue weighted by molar-refractivity contribution is 5.94. The second-order valence-corrected chi connectivity index (χ2v) is 4.60. The fourth-order valence-electron chi connectivity index (χ4n) is 2.23. The van der Waals surface area contributed by atoms with E-state index in [4.69, 9.17) is 5.73 Å². The monoisotopic (exact) mass is 255 g/mol. The fourth-order valence-corrected chi connectivity index (χ4v) is 2.23. The Kier molecular flexibility index (Phi) is 3.97. The first kappa shape index (κ1) is 13.3. The highest BCUT2D eigenvalue weighted by atomic mass is 16.3. The van der Waals surface area contributed by atoms with Gasteiger partial charge >= 0.3 is 0 Å². The topological polar surface area (TPSA) is 63.3 Å². The zero-order valence-corrected chi connectivity index (χ0v) is 10.8. The number of nitrogens with two attached hydrogens (primary N) is 1. The van der Waals surface area contributed by atoms with E-state index in [1.54, 1.807) is 12.1 Å². The van der Waals surface area contributed by atoms with Gasteiger partial charge in [0.1, 0.15) is 0 Å². The number of benzene rings is 2. The molecule has 0 aromatic heterocycles. The van der Waals surface area contributed by atoms with Crippen molar-refractivity contribution < 1.29 is 9.90 Å². The molecular weight excluding hydrogens is 238 g/mol. The number of rotatable bonds is 4. The molecule has 2 atom stereocenters. The van der Waals surface area contributed by atoms with E-state index in [2.05, 4.69) is 0 Å². The maximum Gasteiger partial charge on any atom is 0.248 e. The van der Waals surface area contributed by atoms with Crippen molar-refractivity contribution in [1.29, 1.82) is 0 Å². The molecule has 3 N–H and O–H groups in total. The third-order valence-electron chi connectivity index (χ3n) is 3.33. The van der Waals surface area contributed by atoms with Crippen molar-refractivity contribution in [2.75, 3.05) is 0 Å². The first-order valence-corrected chi connectivity index (χ1v) is 6.23. The molecule has 0 aliphatic rings. The minimum atomic E-state index is -0.665. The van der Waals surface area contributed by atoms with Crippen LogP contribution >= 0.6 is 0 Å². The molecule has 2 aromatic rings. The van der Waals surface area contributed by atoms with Crippen molar-refractivity contribution in [2.24, 2.45) is 5.73 Å². The van der Waals surface area contributed by atoms with Gasteiger partial charge in [-0.25, -0.2) is 0 Å². The third kappa shape index (κ3) is 2.83. The van der Waals surface area contributed by atoms with Gasteiger partial charge in [-0.3, -0.25) is 4.79 Å². The van der Waals surface area contributed by atoms with Gasteiger partial charge in [-0.2, -0.15) is 0 Å². The van der Waals surface area contributed by atoms with Crippen LogP contribution in [0, 0.1) is 0 Å². The Morgan fingerprint density at radius 1 is 1.05 bits per heavy atom. The second-order valence-electron chi connectivity index (χ2n) is 4.60. The molecule has 0 fully saturated rings. The van der Waals surface area contributed by atoms with Crippen molar-refractivity contribution >= 4 is 5.91 Å². The molecule has 2 rings (SSSR count). The van der Waals surface area contributed by atoms with Crippen LogP contribution in [0.5, 0.6) is 0 Å². The van der Waals surface area contributed by atoms with Crippen LogP contribution in [0.15, 0.2) is 54.6 Å². The van der Waals surface area contributed by atoms with Gasteiger partial charge in [0, 0.05) is 11.5 Å². The molecule has 98 valence electrons. The summed E-state index contributed by atoms with van der Waals surface area (Å²) in [6.07, 6.45) is -0.665. The van der Waals surface area contributed by atoms with Gasteiger partial charge in [-0.1, -0.05) is 55.5 Å². The van der Waals surface area contributed by atoms with Crippen LogP contribution in [0.25, 0.3) is 0 Å². The average molecular weight is 255 g/mol. The van der Waals surface area contributed by atoms with Crippen LogP contribution in [0.3, 0.4) is 0 Å². The first-order valence-electron chi connectivity index (χ1n) is 6.23. The molecule has 0 radical (unpaired) electrons. The summed E-state index contributed by atoms with van der Waals surface area (Å²) >= 11 is 0. The van der Waals surface area contributed by atoms with Gasteiger partial charge in [0.05, 0.1) is 6.10 Å². The summed E-state index contributed by atoms with van der Waals surface area (Å²) < 4.78 is 0. The number of hydrogen-bond donors (Lipinski definition) is 2. The van der Waals surface area contributed by atoms with Gasteiger partial charge < -0.3 is 10.8 Å². The Bertz CT molecular complexity index is 566. The predicted octanol–water partition coefficient (Wildman–Crippen LogP) is 2.62. The number of aliphatic hydroxyl groups is 1. The van der Waals surface area contributed by atoms with Crippen LogP contribution < -0.4 is 5.73 Å². The Hall–Kier alpha value is -2.13. The zero-order valence-electron chi connectivity index (χ0n) is 10.8. The van der Waals surface area contributed by atoms with E-state index in [-0.39, 0.29) is 5.92 Å². The summed E-state index contributed by atoms with van der Waals surface area (Å²) in [6, 6.07) is 16.5. The molecule has 2 aromatic carbocycles. The van der Waals surface area contributed by atoms with Crippen LogP contribution in [0.4, 0.5) is 0 Å². The Labute approximate surface area is 112 Å². The van der Waals surface area contributed by atoms with E-state index in [0.717, 1.165) is 11.1 Å². The molecule has 0 unspecified atom stereocenters. The van der Waals surface area contributed by atoms with Crippen LogP contribution in [0.2, 0.25) is 0 Å². The summed E-state index contributed by atoms with van der Waals surface area (Å²) in [5.41, 5.74) is 7.43. The van der Waals surface area contributed by atoms with E-state index >= 15 is 0 Å².